The fraction of sp³-hybridized carbons (Fsp3) is 0.907. The summed E-state index contributed by atoms with van der Waals surface area (Å²) in [6, 6.07) is -1.16. The summed E-state index contributed by atoms with van der Waals surface area (Å²) in [5.74, 6) is -0.702. The zero-order chi connectivity index (χ0) is 47.6. The SMILES string of the molecule is CCCCCCCCCCCCC/C=C\C/C=C\CCCCCCCCCCCCCCCCCCC(O)C(=O)NC(COC1OC(CO)C(O)C(O)C1O)C(O)C(O)CCCCCC. The molecular weight excluding hydrogens is 823 g/mol. The van der Waals surface area contributed by atoms with Crippen LogP contribution in [0.5, 0.6) is 0 Å². The third-order valence-corrected chi connectivity index (χ3v) is 13.3. The van der Waals surface area contributed by atoms with Crippen LogP contribution in [0.25, 0.3) is 0 Å². The van der Waals surface area contributed by atoms with Crippen molar-refractivity contribution >= 4 is 5.91 Å². The number of nitrogens with one attached hydrogen (secondary N) is 1. The van der Waals surface area contributed by atoms with E-state index in [4.69, 9.17) is 9.47 Å². The van der Waals surface area contributed by atoms with E-state index in [2.05, 4.69) is 43.5 Å². The largest absolute Gasteiger partial charge is 0.394 e. The fourth-order valence-corrected chi connectivity index (χ4v) is 8.77. The number of hydrogen-bond donors (Lipinski definition) is 8. The zero-order valence-electron chi connectivity index (χ0n) is 41.7. The van der Waals surface area contributed by atoms with Crippen molar-refractivity contribution in [2.75, 3.05) is 13.2 Å². The molecule has 0 aliphatic carbocycles. The summed E-state index contributed by atoms with van der Waals surface area (Å²) in [7, 11) is 0. The minimum Gasteiger partial charge on any atom is -0.394 e. The molecular formula is C54H103NO10. The van der Waals surface area contributed by atoms with Crippen LogP contribution in [0.4, 0.5) is 0 Å². The highest BCUT2D eigenvalue weighted by Gasteiger charge is 2.44. The molecule has 11 nitrogen and oxygen atoms in total. The number of aliphatic hydroxyl groups is 7. The van der Waals surface area contributed by atoms with Gasteiger partial charge in [-0.1, -0.05) is 224 Å². The maximum atomic E-state index is 13.0. The Labute approximate surface area is 397 Å². The highest BCUT2D eigenvalue weighted by Crippen LogP contribution is 2.23. The molecule has 1 amide bonds. The average molecular weight is 926 g/mol. The van der Waals surface area contributed by atoms with Crippen LogP contribution >= 0.6 is 0 Å². The predicted molar refractivity (Wildman–Crippen MR) is 266 cm³/mol. The first-order valence-corrected chi connectivity index (χ1v) is 27.2. The summed E-state index contributed by atoms with van der Waals surface area (Å²) in [5.41, 5.74) is 0. The van der Waals surface area contributed by atoms with E-state index in [0.717, 1.165) is 44.9 Å². The van der Waals surface area contributed by atoms with Gasteiger partial charge in [0.1, 0.15) is 36.6 Å². The monoisotopic (exact) mass is 926 g/mol. The summed E-state index contributed by atoms with van der Waals surface area (Å²) in [6.07, 6.45) is 40.7. The second-order valence-electron chi connectivity index (χ2n) is 19.3. The number of carbonyl (C=O) groups is 1. The number of aliphatic hydroxyl groups excluding tert-OH is 7. The molecule has 0 bridgehead atoms. The summed E-state index contributed by atoms with van der Waals surface area (Å²) in [6.45, 7) is 3.30. The molecule has 9 unspecified atom stereocenters. The number of rotatable bonds is 46. The number of allylic oxidation sites excluding steroid dienone is 4. The Morgan fingerprint density at radius 2 is 0.938 bits per heavy atom. The zero-order valence-corrected chi connectivity index (χ0v) is 41.7. The Morgan fingerprint density at radius 3 is 1.38 bits per heavy atom. The second kappa shape index (κ2) is 43.8. The Kier molecular flexibility index (Phi) is 41.6. The van der Waals surface area contributed by atoms with Crippen molar-refractivity contribution in [2.24, 2.45) is 0 Å². The Bertz CT molecular complexity index is 1110. The number of carbonyl (C=O) groups excluding carboxylic acids is 1. The molecule has 0 radical (unpaired) electrons. The van der Waals surface area contributed by atoms with E-state index in [1.165, 1.54) is 161 Å². The lowest BCUT2D eigenvalue weighted by molar-refractivity contribution is -0.303. The predicted octanol–water partition coefficient (Wildman–Crippen LogP) is 10.6. The first kappa shape index (κ1) is 61.6. The number of unbranched alkanes of at least 4 members (excludes halogenated alkanes) is 30. The number of hydrogen-bond acceptors (Lipinski definition) is 10. The number of ether oxygens (including phenoxy) is 2. The third-order valence-electron chi connectivity index (χ3n) is 13.3. The molecule has 1 rings (SSSR count). The van der Waals surface area contributed by atoms with Gasteiger partial charge in [0, 0.05) is 0 Å². The molecule has 11 heteroatoms. The van der Waals surface area contributed by atoms with E-state index >= 15 is 0 Å². The van der Waals surface area contributed by atoms with Gasteiger partial charge in [0.25, 0.3) is 0 Å². The van der Waals surface area contributed by atoms with Crippen LogP contribution in [-0.2, 0) is 14.3 Å². The molecule has 1 heterocycles. The topological polar surface area (TPSA) is 189 Å². The van der Waals surface area contributed by atoms with Gasteiger partial charge in [-0.25, -0.2) is 0 Å². The van der Waals surface area contributed by atoms with Crippen LogP contribution in [0.3, 0.4) is 0 Å². The molecule has 1 aliphatic heterocycles. The van der Waals surface area contributed by atoms with Gasteiger partial charge in [0.05, 0.1) is 25.4 Å². The molecule has 0 aromatic rings. The van der Waals surface area contributed by atoms with Crippen LogP contribution in [0, 0.1) is 0 Å². The third kappa shape index (κ3) is 32.9. The lowest BCUT2D eigenvalue weighted by Gasteiger charge is -2.40. The van der Waals surface area contributed by atoms with Crippen LogP contribution in [0.2, 0.25) is 0 Å². The molecule has 1 saturated heterocycles. The van der Waals surface area contributed by atoms with Crippen LogP contribution in [-0.4, -0.2) is 110 Å². The minimum absolute atomic E-state index is 0.261. The van der Waals surface area contributed by atoms with Crippen molar-refractivity contribution in [3.05, 3.63) is 24.3 Å². The standard InChI is InChI=1S/C54H103NO10/c1-3-5-7-9-10-11-12-13-14-15-16-17-18-19-20-21-22-23-24-25-26-27-28-29-30-31-32-33-34-35-36-37-38-40-42-47(58)53(63)55-45(49(59)46(57)41-39-8-6-4-2)44-64-54-52(62)51(61)50(60)48(43-56)65-54/h18-19,21-22,45-52,54,56-62H,3-17,20,23-44H2,1-2H3,(H,55,63)/b19-18-,22-21-. The van der Waals surface area contributed by atoms with Crippen LogP contribution in [0.1, 0.15) is 245 Å². The second-order valence-corrected chi connectivity index (χ2v) is 19.3. The number of amides is 1. The maximum absolute atomic E-state index is 13.0. The van der Waals surface area contributed by atoms with E-state index in [1.807, 2.05) is 0 Å². The van der Waals surface area contributed by atoms with Gasteiger partial charge >= 0.3 is 0 Å². The molecule has 0 aromatic heterocycles. The summed E-state index contributed by atoms with van der Waals surface area (Å²) in [5, 5.41) is 75.0. The molecule has 1 fully saturated rings. The van der Waals surface area contributed by atoms with Gasteiger partial charge in [0.15, 0.2) is 6.29 Å². The first-order valence-electron chi connectivity index (χ1n) is 27.2. The lowest BCUT2D eigenvalue weighted by atomic mass is 9.98. The van der Waals surface area contributed by atoms with Gasteiger partial charge in [-0.15, -0.1) is 0 Å². The van der Waals surface area contributed by atoms with Crippen molar-refractivity contribution in [3.8, 4) is 0 Å². The van der Waals surface area contributed by atoms with Crippen molar-refractivity contribution in [2.45, 2.75) is 300 Å². The molecule has 0 spiro atoms. The molecule has 65 heavy (non-hydrogen) atoms. The highest BCUT2D eigenvalue weighted by atomic mass is 16.7. The van der Waals surface area contributed by atoms with E-state index in [0.29, 0.717) is 19.3 Å². The minimum atomic E-state index is -1.66. The first-order chi connectivity index (χ1) is 31.7. The molecule has 1 aliphatic rings. The van der Waals surface area contributed by atoms with Gasteiger partial charge in [0.2, 0.25) is 5.91 Å². The summed E-state index contributed by atoms with van der Waals surface area (Å²) < 4.78 is 11.0. The van der Waals surface area contributed by atoms with Crippen molar-refractivity contribution in [1.29, 1.82) is 0 Å². The quantitative estimate of drug-likeness (QED) is 0.0216. The van der Waals surface area contributed by atoms with Gasteiger partial charge in [-0.2, -0.15) is 0 Å². The van der Waals surface area contributed by atoms with Crippen LogP contribution in [0.15, 0.2) is 24.3 Å². The van der Waals surface area contributed by atoms with Crippen molar-refractivity contribution < 1.29 is 50.0 Å². The molecule has 384 valence electrons. The lowest BCUT2D eigenvalue weighted by Crippen LogP contribution is -2.60. The van der Waals surface area contributed by atoms with Gasteiger partial charge < -0.3 is 50.5 Å². The highest BCUT2D eigenvalue weighted by molar-refractivity contribution is 5.80. The Hall–Kier alpha value is -1.41. The van der Waals surface area contributed by atoms with E-state index in [9.17, 15) is 40.5 Å². The fourth-order valence-electron chi connectivity index (χ4n) is 8.77. The van der Waals surface area contributed by atoms with Gasteiger partial charge in [-0.05, 0) is 44.9 Å². The average Bonchev–Trinajstić information content (AvgIpc) is 3.31. The van der Waals surface area contributed by atoms with E-state index < -0.39 is 74.2 Å². The van der Waals surface area contributed by atoms with Gasteiger partial charge in [-0.3, -0.25) is 4.79 Å². The molecule has 9 atom stereocenters. The summed E-state index contributed by atoms with van der Waals surface area (Å²) >= 11 is 0. The van der Waals surface area contributed by atoms with Crippen LogP contribution < -0.4 is 5.32 Å². The smallest absolute Gasteiger partial charge is 0.249 e. The van der Waals surface area contributed by atoms with Crippen molar-refractivity contribution in [1.82, 2.24) is 5.32 Å². The Morgan fingerprint density at radius 1 is 0.538 bits per heavy atom. The maximum Gasteiger partial charge on any atom is 0.249 e. The Balaban J connectivity index is 2.06. The van der Waals surface area contributed by atoms with E-state index in [-0.39, 0.29) is 6.42 Å². The normalized spacial score (nSPS) is 21.0. The summed E-state index contributed by atoms with van der Waals surface area (Å²) in [4.78, 5) is 13.0. The molecule has 8 N–H and O–H groups in total. The van der Waals surface area contributed by atoms with E-state index in [1.54, 1.807) is 0 Å². The molecule has 0 aromatic carbocycles. The van der Waals surface area contributed by atoms with Crippen molar-refractivity contribution in [3.63, 3.8) is 0 Å². The molecule has 0 saturated carbocycles.